The minimum absolute atomic E-state index is 0.0871. The lowest BCUT2D eigenvalue weighted by atomic mass is 9.82. The fourth-order valence-corrected chi connectivity index (χ4v) is 7.20. The predicted octanol–water partition coefficient (Wildman–Crippen LogP) is 10.5. The molecule has 0 amide bonds. The summed E-state index contributed by atoms with van der Waals surface area (Å²) in [5.74, 6) is 1.91. The highest BCUT2D eigenvalue weighted by atomic mass is 15.0. The summed E-state index contributed by atoms with van der Waals surface area (Å²) in [5.41, 5.74) is 11.0. The van der Waals surface area contributed by atoms with E-state index in [9.17, 15) is 0 Å². The van der Waals surface area contributed by atoms with E-state index in [1.165, 1.54) is 33.0 Å². The van der Waals surface area contributed by atoms with Gasteiger partial charge in [0.15, 0.2) is 17.5 Å². The molecule has 0 atom stereocenters. The number of benzene rings is 6. The Bertz CT molecular complexity index is 2430. The largest absolute Gasteiger partial charge is 0.247 e. The monoisotopic (exact) mass is 602 g/mol. The second-order valence-electron chi connectivity index (χ2n) is 12.7. The van der Waals surface area contributed by atoms with Gasteiger partial charge in [-0.3, -0.25) is 0 Å². The quantitative estimate of drug-likeness (QED) is 0.188. The number of rotatable bonds is 4. The second-order valence-corrected chi connectivity index (χ2v) is 12.7. The average Bonchev–Trinajstić information content (AvgIpc) is 3.38. The van der Waals surface area contributed by atoms with E-state index in [4.69, 9.17) is 19.9 Å². The number of fused-ring (bicyclic) bond motifs is 7. The summed E-state index contributed by atoms with van der Waals surface area (Å²) in [6, 6.07) is 50.6. The van der Waals surface area contributed by atoms with E-state index in [1.54, 1.807) is 0 Å². The Labute approximate surface area is 273 Å². The first-order valence-corrected chi connectivity index (χ1v) is 16.0. The first-order valence-electron chi connectivity index (χ1n) is 16.0. The van der Waals surface area contributed by atoms with Crippen LogP contribution in [0.5, 0.6) is 0 Å². The van der Waals surface area contributed by atoms with E-state index in [0.29, 0.717) is 17.5 Å². The van der Waals surface area contributed by atoms with Gasteiger partial charge in [0.1, 0.15) is 0 Å². The number of hydrogen-bond acceptors (Lipinski definition) is 4. The third kappa shape index (κ3) is 4.37. The van der Waals surface area contributed by atoms with Gasteiger partial charge in [-0.05, 0) is 34.4 Å². The maximum atomic E-state index is 5.30. The van der Waals surface area contributed by atoms with Crippen LogP contribution in [0.25, 0.3) is 78.2 Å². The van der Waals surface area contributed by atoms with Crippen molar-refractivity contribution in [2.24, 2.45) is 0 Å². The lowest BCUT2D eigenvalue weighted by Gasteiger charge is -2.22. The van der Waals surface area contributed by atoms with Crippen LogP contribution in [0.4, 0.5) is 0 Å². The van der Waals surface area contributed by atoms with Gasteiger partial charge in [-0.25, -0.2) is 19.9 Å². The summed E-state index contributed by atoms with van der Waals surface area (Å²) in [6.07, 6.45) is 0. The van der Waals surface area contributed by atoms with Crippen molar-refractivity contribution in [2.75, 3.05) is 0 Å². The van der Waals surface area contributed by atoms with Crippen molar-refractivity contribution in [3.63, 3.8) is 0 Å². The topological polar surface area (TPSA) is 51.6 Å². The normalized spacial score (nSPS) is 13.1. The average molecular weight is 603 g/mol. The van der Waals surface area contributed by atoms with Gasteiger partial charge in [0, 0.05) is 43.8 Å². The molecular formula is C43H30N4. The summed E-state index contributed by atoms with van der Waals surface area (Å²) in [6.45, 7) is 4.67. The summed E-state index contributed by atoms with van der Waals surface area (Å²) < 4.78 is 0. The van der Waals surface area contributed by atoms with Crippen molar-refractivity contribution in [3.8, 4) is 56.5 Å². The molecule has 0 saturated carbocycles. The first-order chi connectivity index (χ1) is 23.1. The smallest absolute Gasteiger partial charge is 0.164 e. The molecule has 1 aliphatic carbocycles. The molecule has 0 N–H and O–H groups in total. The fourth-order valence-electron chi connectivity index (χ4n) is 7.20. The lowest BCUT2D eigenvalue weighted by Crippen LogP contribution is -2.14. The number of pyridine rings is 1. The van der Waals surface area contributed by atoms with Gasteiger partial charge in [-0.1, -0.05) is 147 Å². The van der Waals surface area contributed by atoms with Crippen molar-refractivity contribution < 1.29 is 0 Å². The van der Waals surface area contributed by atoms with Gasteiger partial charge in [0.25, 0.3) is 0 Å². The minimum atomic E-state index is -0.0871. The summed E-state index contributed by atoms with van der Waals surface area (Å²) >= 11 is 0. The maximum absolute atomic E-state index is 5.30. The third-order valence-electron chi connectivity index (χ3n) is 9.50. The molecule has 0 bridgehead atoms. The highest BCUT2D eigenvalue weighted by Gasteiger charge is 2.36. The summed E-state index contributed by atoms with van der Waals surface area (Å²) in [4.78, 5) is 20.2. The van der Waals surface area contributed by atoms with Gasteiger partial charge in [-0.2, -0.15) is 0 Å². The molecule has 47 heavy (non-hydrogen) atoms. The van der Waals surface area contributed by atoms with E-state index in [0.717, 1.165) is 38.9 Å². The number of nitrogens with zero attached hydrogens (tertiary/aromatic N) is 4. The molecule has 1 aliphatic rings. The highest BCUT2D eigenvalue weighted by molar-refractivity contribution is 6.19. The SMILES string of the molecule is CC1(C)c2ccccc2-c2c1ccc1c(-c3cccc(-c4nc(-c5ccccc5)nc(-c5ccccc5)n4)c3)nc3ccccc3c21. The van der Waals surface area contributed by atoms with E-state index in [-0.39, 0.29) is 5.41 Å². The van der Waals surface area contributed by atoms with E-state index >= 15 is 0 Å². The molecule has 4 nitrogen and oxygen atoms in total. The van der Waals surface area contributed by atoms with Crippen molar-refractivity contribution >= 4 is 21.7 Å². The molecule has 0 spiro atoms. The Morgan fingerprint density at radius 1 is 0.426 bits per heavy atom. The van der Waals surface area contributed by atoms with Crippen molar-refractivity contribution in [1.82, 2.24) is 19.9 Å². The van der Waals surface area contributed by atoms with Crippen molar-refractivity contribution in [3.05, 3.63) is 157 Å². The highest BCUT2D eigenvalue weighted by Crippen LogP contribution is 2.53. The molecule has 0 saturated heterocycles. The Kier molecular flexibility index (Phi) is 6.12. The third-order valence-corrected chi connectivity index (χ3v) is 9.50. The Hall–Kier alpha value is -6.00. The maximum Gasteiger partial charge on any atom is 0.164 e. The predicted molar refractivity (Wildman–Crippen MR) is 192 cm³/mol. The molecule has 0 aliphatic heterocycles. The van der Waals surface area contributed by atoms with Gasteiger partial charge in [-0.15, -0.1) is 0 Å². The van der Waals surface area contributed by atoms with E-state index in [1.807, 2.05) is 60.7 Å². The standard InChI is InChI=1S/C43H30N4/c1-43(2)34-22-11-9-20-31(34)38-35(43)25-24-33-37(38)32-21-10-12-23-36(32)44-39(33)29-18-13-19-30(26-29)42-46-40(27-14-5-3-6-15-27)45-41(47-42)28-16-7-4-8-17-28/h3-26H,1-2H3. The first kappa shape index (κ1) is 27.3. The molecule has 2 aromatic heterocycles. The lowest BCUT2D eigenvalue weighted by molar-refractivity contribution is 0.661. The number of para-hydroxylation sites is 1. The van der Waals surface area contributed by atoms with E-state index in [2.05, 4.69) is 98.8 Å². The van der Waals surface area contributed by atoms with Gasteiger partial charge < -0.3 is 0 Å². The van der Waals surface area contributed by atoms with Crippen molar-refractivity contribution in [1.29, 1.82) is 0 Å². The minimum Gasteiger partial charge on any atom is -0.247 e. The molecule has 8 aromatic rings. The van der Waals surface area contributed by atoms with Crippen LogP contribution in [-0.4, -0.2) is 19.9 Å². The summed E-state index contributed by atoms with van der Waals surface area (Å²) in [7, 11) is 0. The molecule has 0 unspecified atom stereocenters. The molecule has 2 heterocycles. The van der Waals surface area contributed by atoms with Gasteiger partial charge in [0.2, 0.25) is 0 Å². The second kappa shape index (κ2) is 10.5. The molecule has 9 rings (SSSR count). The molecule has 0 fully saturated rings. The van der Waals surface area contributed by atoms with Crippen LogP contribution in [-0.2, 0) is 5.41 Å². The number of aromatic nitrogens is 4. The Morgan fingerprint density at radius 3 is 1.72 bits per heavy atom. The van der Waals surface area contributed by atoms with Crippen LogP contribution in [0, 0.1) is 0 Å². The molecule has 4 heteroatoms. The zero-order valence-corrected chi connectivity index (χ0v) is 26.1. The van der Waals surface area contributed by atoms with Crippen LogP contribution in [0.3, 0.4) is 0 Å². The van der Waals surface area contributed by atoms with Crippen molar-refractivity contribution in [2.45, 2.75) is 19.3 Å². The number of hydrogen-bond donors (Lipinski definition) is 0. The zero-order valence-electron chi connectivity index (χ0n) is 26.1. The Balaban J connectivity index is 1.28. The molecule has 222 valence electrons. The Morgan fingerprint density at radius 2 is 1.00 bits per heavy atom. The van der Waals surface area contributed by atoms with E-state index < -0.39 is 0 Å². The van der Waals surface area contributed by atoms with Crippen LogP contribution in [0.1, 0.15) is 25.0 Å². The zero-order chi connectivity index (χ0) is 31.5. The fraction of sp³-hybridized carbons (Fsp3) is 0.0698. The van der Waals surface area contributed by atoms with Gasteiger partial charge in [0.05, 0.1) is 11.2 Å². The van der Waals surface area contributed by atoms with Crippen LogP contribution in [0.15, 0.2) is 146 Å². The van der Waals surface area contributed by atoms with Gasteiger partial charge >= 0.3 is 0 Å². The summed E-state index contributed by atoms with van der Waals surface area (Å²) in [5, 5.41) is 3.56. The van der Waals surface area contributed by atoms with Crippen LogP contribution < -0.4 is 0 Å². The molecule has 6 aromatic carbocycles. The van der Waals surface area contributed by atoms with Crippen LogP contribution in [0.2, 0.25) is 0 Å². The molecular weight excluding hydrogens is 573 g/mol. The van der Waals surface area contributed by atoms with Crippen LogP contribution >= 0.6 is 0 Å². The molecule has 0 radical (unpaired) electrons.